The van der Waals surface area contributed by atoms with Gasteiger partial charge in [0.2, 0.25) is 5.91 Å². The number of benzene rings is 1. The van der Waals surface area contributed by atoms with E-state index < -0.39 is 5.91 Å². The molecule has 3 heterocycles. The lowest BCUT2D eigenvalue weighted by Crippen LogP contribution is -2.19. The van der Waals surface area contributed by atoms with Crippen molar-refractivity contribution < 1.29 is 9.59 Å². The molecule has 0 spiro atoms. The molecule has 1 aromatic carbocycles. The Kier molecular flexibility index (Phi) is 4.17. The van der Waals surface area contributed by atoms with Gasteiger partial charge in [-0.3, -0.25) is 14.9 Å². The summed E-state index contributed by atoms with van der Waals surface area (Å²) in [6.07, 6.45) is 5.48. The lowest BCUT2D eigenvalue weighted by Gasteiger charge is -2.12. The number of carbonyl (C=O) groups excluding carboxylic acids is 2. The number of carbonyl (C=O) groups is 2. The number of nitriles is 1. The predicted molar refractivity (Wildman–Crippen MR) is 110 cm³/mol. The molecule has 1 saturated carbocycles. The zero-order valence-electron chi connectivity index (χ0n) is 15.8. The van der Waals surface area contributed by atoms with Gasteiger partial charge in [0.25, 0.3) is 5.91 Å². The van der Waals surface area contributed by atoms with E-state index in [0.717, 1.165) is 18.7 Å². The third-order valence-electron chi connectivity index (χ3n) is 4.96. The maximum atomic E-state index is 11.9. The number of anilines is 3. The van der Waals surface area contributed by atoms with Crippen molar-refractivity contribution in [2.45, 2.75) is 25.3 Å². The average Bonchev–Trinajstić information content (AvgIpc) is 3.37. The molecular weight excluding hydrogens is 382 g/mol. The molecule has 1 aliphatic carbocycles. The molecule has 1 aliphatic heterocycles. The molecule has 3 aromatic rings. The molecule has 3 N–H and O–H groups in total. The van der Waals surface area contributed by atoms with E-state index >= 15 is 0 Å². The average molecular weight is 399 g/mol. The first-order valence-corrected chi connectivity index (χ1v) is 9.57. The molecular formula is C21H17N7O2. The zero-order valence-corrected chi connectivity index (χ0v) is 15.8. The van der Waals surface area contributed by atoms with Crippen LogP contribution in [-0.2, 0) is 9.59 Å². The van der Waals surface area contributed by atoms with Crippen molar-refractivity contribution in [2.24, 2.45) is 0 Å². The van der Waals surface area contributed by atoms with Crippen LogP contribution in [0.25, 0.3) is 11.7 Å². The minimum atomic E-state index is -0.395. The van der Waals surface area contributed by atoms with Crippen molar-refractivity contribution in [3.05, 3.63) is 53.2 Å². The summed E-state index contributed by atoms with van der Waals surface area (Å²) in [5.41, 5.74) is 2.70. The SMILES string of the molecule is N#Cc1ccccc1Nc1cc(NC2CC2)n2ncc(C=C3CC(=O)NC3=O)c2n1. The van der Waals surface area contributed by atoms with Gasteiger partial charge in [-0.2, -0.15) is 14.9 Å². The molecule has 0 radical (unpaired) electrons. The van der Waals surface area contributed by atoms with E-state index in [0.29, 0.717) is 39.9 Å². The Morgan fingerprint density at radius 2 is 2.10 bits per heavy atom. The summed E-state index contributed by atoms with van der Waals surface area (Å²) in [5.74, 6) is 0.589. The van der Waals surface area contributed by atoms with E-state index in [1.165, 1.54) is 0 Å². The highest BCUT2D eigenvalue weighted by Crippen LogP contribution is 2.29. The molecule has 5 rings (SSSR count). The highest BCUT2D eigenvalue weighted by atomic mass is 16.2. The molecule has 30 heavy (non-hydrogen) atoms. The normalized spacial score (nSPS) is 17.2. The minimum Gasteiger partial charge on any atom is -0.367 e. The second-order valence-corrected chi connectivity index (χ2v) is 7.29. The first-order valence-electron chi connectivity index (χ1n) is 9.57. The highest BCUT2D eigenvalue weighted by Gasteiger charge is 2.25. The molecule has 2 amide bonds. The maximum absolute atomic E-state index is 11.9. The summed E-state index contributed by atoms with van der Waals surface area (Å²) in [6.45, 7) is 0. The van der Waals surface area contributed by atoms with Gasteiger partial charge >= 0.3 is 0 Å². The van der Waals surface area contributed by atoms with E-state index in [9.17, 15) is 14.9 Å². The molecule has 0 atom stereocenters. The van der Waals surface area contributed by atoms with Crippen molar-refractivity contribution in [3.63, 3.8) is 0 Å². The number of hydrogen-bond donors (Lipinski definition) is 3. The Hall–Kier alpha value is -4.19. The number of imide groups is 1. The van der Waals surface area contributed by atoms with Crippen LogP contribution >= 0.6 is 0 Å². The molecule has 2 aromatic heterocycles. The Labute approximate surface area is 171 Å². The van der Waals surface area contributed by atoms with Gasteiger partial charge in [-0.05, 0) is 31.1 Å². The molecule has 2 fully saturated rings. The topological polar surface area (TPSA) is 124 Å². The number of aromatic nitrogens is 3. The van der Waals surface area contributed by atoms with Gasteiger partial charge in [-0.1, -0.05) is 12.1 Å². The van der Waals surface area contributed by atoms with E-state index in [1.54, 1.807) is 28.9 Å². The van der Waals surface area contributed by atoms with Crippen LogP contribution in [0, 0.1) is 11.3 Å². The fourth-order valence-corrected chi connectivity index (χ4v) is 3.32. The quantitative estimate of drug-likeness (QED) is 0.444. The molecule has 0 bridgehead atoms. The Balaban J connectivity index is 1.59. The van der Waals surface area contributed by atoms with Gasteiger partial charge in [0.1, 0.15) is 17.7 Å². The molecule has 0 unspecified atom stereocenters. The first kappa shape index (κ1) is 17.9. The van der Waals surface area contributed by atoms with Gasteiger partial charge in [0.15, 0.2) is 5.65 Å². The molecule has 9 nitrogen and oxygen atoms in total. The highest BCUT2D eigenvalue weighted by molar-refractivity contribution is 6.15. The number of hydrogen-bond acceptors (Lipinski definition) is 7. The summed E-state index contributed by atoms with van der Waals surface area (Å²) in [7, 11) is 0. The van der Waals surface area contributed by atoms with Gasteiger partial charge < -0.3 is 10.6 Å². The van der Waals surface area contributed by atoms with Crippen molar-refractivity contribution in [2.75, 3.05) is 10.6 Å². The molecule has 9 heteroatoms. The predicted octanol–water partition coefficient (Wildman–Crippen LogP) is 2.35. The van der Waals surface area contributed by atoms with Crippen LogP contribution in [-0.4, -0.2) is 32.5 Å². The Bertz CT molecular complexity index is 1260. The number of rotatable bonds is 5. The Morgan fingerprint density at radius 3 is 2.83 bits per heavy atom. The van der Waals surface area contributed by atoms with Crippen LogP contribution in [0.5, 0.6) is 0 Å². The van der Waals surface area contributed by atoms with Crippen molar-refractivity contribution in [3.8, 4) is 6.07 Å². The summed E-state index contributed by atoms with van der Waals surface area (Å²) < 4.78 is 1.68. The van der Waals surface area contributed by atoms with E-state index in [2.05, 4.69) is 32.1 Å². The number of nitrogens with one attached hydrogen (secondary N) is 3. The second-order valence-electron chi connectivity index (χ2n) is 7.29. The lowest BCUT2D eigenvalue weighted by atomic mass is 10.1. The number of amides is 2. The van der Waals surface area contributed by atoms with Gasteiger partial charge in [-0.25, -0.2) is 4.98 Å². The van der Waals surface area contributed by atoms with Crippen molar-refractivity contribution >= 4 is 40.9 Å². The van der Waals surface area contributed by atoms with Crippen LogP contribution in [0.1, 0.15) is 30.4 Å². The largest absolute Gasteiger partial charge is 0.367 e. The fourth-order valence-electron chi connectivity index (χ4n) is 3.32. The number of para-hydroxylation sites is 1. The van der Waals surface area contributed by atoms with E-state index in [-0.39, 0.29) is 12.3 Å². The van der Waals surface area contributed by atoms with Gasteiger partial charge in [-0.15, -0.1) is 0 Å². The van der Waals surface area contributed by atoms with E-state index in [1.807, 2.05) is 18.2 Å². The molecule has 1 saturated heterocycles. The van der Waals surface area contributed by atoms with Crippen LogP contribution < -0.4 is 16.0 Å². The first-order chi connectivity index (χ1) is 14.6. The molecule has 2 aliphatic rings. The lowest BCUT2D eigenvalue weighted by molar-refractivity contribution is -0.124. The van der Waals surface area contributed by atoms with Gasteiger partial charge in [0, 0.05) is 23.2 Å². The minimum absolute atomic E-state index is 0.0385. The smallest absolute Gasteiger partial charge is 0.254 e. The summed E-state index contributed by atoms with van der Waals surface area (Å²) in [4.78, 5) is 28.1. The van der Waals surface area contributed by atoms with Crippen LogP contribution in [0.15, 0.2) is 42.1 Å². The van der Waals surface area contributed by atoms with E-state index in [4.69, 9.17) is 0 Å². The summed E-state index contributed by atoms with van der Waals surface area (Å²) in [6, 6.07) is 11.6. The van der Waals surface area contributed by atoms with Crippen LogP contribution in [0.2, 0.25) is 0 Å². The fraction of sp³-hybridized carbons (Fsp3) is 0.190. The van der Waals surface area contributed by atoms with Crippen LogP contribution in [0.3, 0.4) is 0 Å². The maximum Gasteiger partial charge on any atom is 0.254 e. The van der Waals surface area contributed by atoms with Crippen molar-refractivity contribution in [1.82, 2.24) is 19.9 Å². The number of nitrogens with zero attached hydrogens (tertiary/aromatic N) is 4. The second kappa shape index (κ2) is 7.00. The third-order valence-corrected chi connectivity index (χ3v) is 4.96. The van der Waals surface area contributed by atoms with Gasteiger partial charge in [0.05, 0.1) is 23.9 Å². The zero-order chi connectivity index (χ0) is 20.7. The van der Waals surface area contributed by atoms with Crippen LogP contribution in [0.4, 0.5) is 17.3 Å². The molecule has 148 valence electrons. The Morgan fingerprint density at radius 1 is 1.27 bits per heavy atom. The third kappa shape index (κ3) is 3.35. The summed E-state index contributed by atoms with van der Waals surface area (Å²) in [5, 5.41) is 22.7. The standard InChI is InChI=1S/C21H17N7O2/c22-10-12-3-1-2-4-16(12)25-17-9-18(24-15-5-6-15)28-20(26-17)14(11-23-28)7-13-8-19(29)27-21(13)30/h1-4,7,9,11,15,24H,5-6,8H2,(H,25,26)(H,27,29,30). The number of fused-ring (bicyclic) bond motifs is 1. The summed E-state index contributed by atoms with van der Waals surface area (Å²) >= 11 is 0. The van der Waals surface area contributed by atoms with Crippen molar-refractivity contribution in [1.29, 1.82) is 5.26 Å². The monoisotopic (exact) mass is 399 g/mol.